The van der Waals surface area contributed by atoms with Crippen LogP contribution in [0.15, 0.2) is 51.4 Å². The van der Waals surface area contributed by atoms with Gasteiger partial charge in [0.1, 0.15) is 30.3 Å². The maximum absolute atomic E-state index is 12.3. The van der Waals surface area contributed by atoms with E-state index in [2.05, 4.69) is 15.9 Å². The lowest BCUT2D eigenvalue weighted by molar-refractivity contribution is 0.0416. The van der Waals surface area contributed by atoms with Gasteiger partial charge >= 0.3 is 5.97 Å². The number of furan rings is 1. The van der Waals surface area contributed by atoms with E-state index in [1.807, 2.05) is 50.2 Å². The summed E-state index contributed by atoms with van der Waals surface area (Å²) in [7, 11) is 0. The number of carbonyl (C=O) groups is 1. The standard InChI is InChI=1S/C20H19BrO5/c1-3-23-16-7-8-18-17(12-16)13(2)19(26-18)20(22)25-10-9-24-15-6-4-5-14(21)11-15/h4-8,11-12H,3,9-10H2,1-2H3. The summed E-state index contributed by atoms with van der Waals surface area (Å²) in [5.41, 5.74) is 1.36. The van der Waals surface area contributed by atoms with E-state index in [1.54, 1.807) is 6.07 Å². The Hall–Kier alpha value is -2.47. The minimum Gasteiger partial charge on any atom is -0.494 e. The van der Waals surface area contributed by atoms with Gasteiger partial charge in [-0.1, -0.05) is 22.0 Å². The van der Waals surface area contributed by atoms with Crippen LogP contribution in [0.5, 0.6) is 11.5 Å². The molecule has 136 valence electrons. The van der Waals surface area contributed by atoms with E-state index in [1.165, 1.54) is 0 Å². The number of halogens is 1. The van der Waals surface area contributed by atoms with Crippen LogP contribution >= 0.6 is 15.9 Å². The highest BCUT2D eigenvalue weighted by molar-refractivity contribution is 9.10. The Morgan fingerprint density at radius 1 is 1.08 bits per heavy atom. The third-order valence-corrected chi connectivity index (χ3v) is 4.28. The van der Waals surface area contributed by atoms with Crippen LogP contribution in [0.1, 0.15) is 23.0 Å². The van der Waals surface area contributed by atoms with Crippen LogP contribution < -0.4 is 9.47 Å². The van der Waals surface area contributed by atoms with Crippen LogP contribution in [0, 0.1) is 6.92 Å². The monoisotopic (exact) mass is 418 g/mol. The van der Waals surface area contributed by atoms with Gasteiger partial charge in [0, 0.05) is 15.4 Å². The molecule has 0 unspecified atom stereocenters. The Labute approximate surface area is 160 Å². The maximum Gasteiger partial charge on any atom is 0.374 e. The molecule has 1 heterocycles. The lowest BCUT2D eigenvalue weighted by Crippen LogP contribution is -2.12. The van der Waals surface area contributed by atoms with E-state index < -0.39 is 5.97 Å². The first-order valence-corrected chi connectivity index (χ1v) is 9.09. The first-order valence-electron chi connectivity index (χ1n) is 8.30. The molecular weight excluding hydrogens is 400 g/mol. The largest absolute Gasteiger partial charge is 0.494 e. The Morgan fingerprint density at radius 3 is 2.65 bits per heavy atom. The number of carbonyl (C=O) groups excluding carboxylic acids is 1. The quantitative estimate of drug-likeness (QED) is 0.392. The molecule has 0 bridgehead atoms. The topological polar surface area (TPSA) is 57.9 Å². The highest BCUT2D eigenvalue weighted by Crippen LogP contribution is 2.29. The number of esters is 1. The summed E-state index contributed by atoms with van der Waals surface area (Å²) in [5.74, 6) is 1.15. The third-order valence-electron chi connectivity index (χ3n) is 3.79. The van der Waals surface area contributed by atoms with Crippen LogP contribution in [0.3, 0.4) is 0 Å². The molecule has 6 heteroatoms. The first-order chi connectivity index (χ1) is 12.6. The van der Waals surface area contributed by atoms with Crippen molar-refractivity contribution in [2.24, 2.45) is 0 Å². The fraction of sp³-hybridized carbons (Fsp3) is 0.250. The van der Waals surface area contributed by atoms with Gasteiger partial charge in [-0.25, -0.2) is 4.79 Å². The summed E-state index contributed by atoms with van der Waals surface area (Å²) in [5, 5.41) is 0.841. The van der Waals surface area contributed by atoms with E-state index in [4.69, 9.17) is 18.6 Å². The number of aryl methyl sites for hydroxylation is 1. The summed E-state index contributed by atoms with van der Waals surface area (Å²) in [6.07, 6.45) is 0. The zero-order chi connectivity index (χ0) is 18.5. The van der Waals surface area contributed by atoms with Crippen LogP contribution in [0.25, 0.3) is 11.0 Å². The minimum absolute atomic E-state index is 0.131. The maximum atomic E-state index is 12.3. The predicted molar refractivity (Wildman–Crippen MR) is 102 cm³/mol. The van der Waals surface area contributed by atoms with E-state index in [0.717, 1.165) is 21.2 Å². The molecular formula is C20H19BrO5. The van der Waals surface area contributed by atoms with Crippen molar-refractivity contribution in [3.05, 3.63) is 58.3 Å². The molecule has 0 N–H and O–H groups in total. The van der Waals surface area contributed by atoms with Crippen molar-refractivity contribution in [3.63, 3.8) is 0 Å². The van der Waals surface area contributed by atoms with Gasteiger partial charge in [-0.2, -0.15) is 0 Å². The molecule has 26 heavy (non-hydrogen) atoms. The molecule has 5 nitrogen and oxygen atoms in total. The molecule has 0 atom stereocenters. The molecule has 0 saturated heterocycles. The van der Waals surface area contributed by atoms with Gasteiger partial charge < -0.3 is 18.6 Å². The second-order valence-corrected chi connectivity index (χ2v) is 6.50. The number of hydrogen-bond donors (Lipinski definition) is 0. The van der Waals surface area contributed by atoms with Crippen LogP contribution in [-0.4, -0.2) is 25.8 Å². The molecule has 0 aliphatic carbocycles. The SMILES string of the molecule is CCOc1ccc2oc(C(=O)OCCOc3cccc(Br)c3)c(C)c2c1. The number of rotatable bonds is 7. The van der Waals surface area contributed by atoms with Crippen molar-refractivity contribution in [2.45, 2.75) is 13.8 Å². The van der Waals surface area contributed by atoms with Crippen molar-refractivity contribution in [2.75, 3.05) is 19.8 Å². The van der Waals surface area contributed by atoms with E-state index >= 15 is 0 Å². The highest BCUT2D eigenvalue weighted by atomic mass is 79.9. The van der Waals surface area contributed by atoms with E-state index in [0.29, 0.717) is 17.9 Å². The summed E-state index contributed by atoms with van der Waals surface area (Å²) in [4.78, 5) is 12.3. The molecule has 0 fully saturated rings. The van der Waals surface area contributed by atoms with Crippen molar-refractivity contribution >= 4 is 32.9 Å². The van der Waals surface area contributed by atoms with Gasteiger partial charge in [-0.15, -0.1) is 0 Å². The van der Waals surface area contributed by atoms with E-state index in [-0.39, 0.29) is 19.0 Å². The molecule has 2 aromatic carbocycles. The van der Waals surface area contributed by atoms with Crippen molar-refractivity contribution in [3.8, 4) is 11.5 Å². The second kappa shape index (κ2) is 8.27. The molecule has 0 aliphatic heterocycles. The second-order valence-electron chi connectivity index (χ2n) is 5.59. The number of benzene rings is 2. The van der Waals surface area contributed by atoms with Crippen molar-refractivity contribution < 1.29 is 23.4 Å². The fourth-order valence-electron chi connectivity index (χ4n) is 2.57. The van der Waals surface area contributed by atoms with E-state index in [9.17, 15) is 4.79 Å². The highest BCUT2D eigenvalue weighted by Gasteiger charge is 2.19. The zero-order valence-electron chi connectivity index (χ0n) is 14.6. The average molecular weight is 419 g/mol. The summed E-state index contributed by atoms with van der Waals surface area (Å²) >= 11 is 3.38. The molecule has 0 aliphatic rings. The number of hydrogen-bond acceptors (Lipinski definition) is 5. The van der Waals surface area contributed by atoms with Crippen LogP contribution in [0.2, 0.25) is 0 Å². The molecule has 1 aromatic heterocycles. The lowest BCUT2D eigenvalue weighted by Gasteiger charge is -2.07. The smallest absolute Gasteiger partial charge is 0.374 e. The van der Waals surface area contributed by atoms with Crippen molar-refractivity contribution in [1.29, 1.82) is 0 Å². The van der Waals surface area contributed by atoms with Crippen LogP contribution in [-0.2, 0) is 4.74 Å². The predicted octanol–water partition coefficient (Wildman–Crippen LogP) is 5.14. The van der Waals surface area contributed by atoms with Crippen LogP contribution in [0.4, 0.5) is 0 Å². The van der Waals surface area contributed by atoms with Gasteiger partial charge in [0.05, 0.1) is 6.61 Å². The molecule has 0 radical (unpaired) electrons. The molecule has 0 saturated carbocycles. The Morgan fingerprint density at radius 2 is 1.88 bits per heavy atom. The third kappa shape index (κ3) is 4.19. The Kier molecular flexibility index (Phi) is 5.83. The minimum atomic E-state index is -0.505. The van der Waals surface area contributed by atoms with Crippen molar-refractivity contribution in [1.82, 2.24) is 0 Å². The average Bonchev–Trinajstić information content (AvgIpc) is 2.96. The van der Waals surface area contributed by atoms with Gasteiger partial charge in [-0.05, 0) is 50.2 Å². The molecule has 3 aromatic rings. The molecule has 3 rings (SSSR count). The molecule has 0 spiro atoms. The first kappa shape index (κ1) is 18.3. The molecule has 0 amide bonds. The fourth-order valence-corrected chi connectivity index (χ4v) is 2.95. The Bertz CT molecular complexity index is 916. The Balaban J connectivity index is 1.61. The zero-order valence-corrected chi connectivity index (χ0v) is 16.2. The summed E-state index contributed by atoms with van der Waals surface area (Å²) in [6.45, 7) is 4.72. The number of fused-ring (bicyclic) bond motifs is 1. The van der Waals surface area contributed by atoms with Gasteiger partial charge in [0.25, 0.3) is 0 Å². The lowest BCUT2D eigenvalue weighted by atomic mass is 10.1. The summed E-state index contributed by atoms with van der Waals surface area (Å²) in [6, 6.07) is 12.9. The van der Waals surface area contributed by atoms with Gasteiger partial charge in [0.2, 0.25) is 5.76 Å². The number of ether oxygens (including phenoxy) is 3. The summed E-state index contributed by atoms with van der Waals surface area (Å²) < 4.78 is 22.9. The normalized spacial score (nSPS) is 10.7. The van der Waals surface area contributed by atoms with Gasteiger partial charge in [0.15, 0.2) is 0 Å². The van der Waals surface area contributed by atoms with Gasteiger partial charge in [-0.3, -0.25) is 0 Å².